The quantitative estimate of drug-likeness (QED) is 0.344. The van der Waals surface area contributed by atoms with Crippen molar-refractivity contribution in [1.29, 1.82) is 0 Å². The minimum atomic E-state index is -1.21. The van der Waals surface area contributed by atoms with Crippen LogP contribution < -0.4 is 24.0 Å². The minimum absolute atomic E-state index is 0. The Kier molecular flexibility index (Phi) is 16.3. The van der Waals surface area contributed by atoms with Gasteiger partial charge >= 0.3 is 18.9 Å². The summed E-state index contributed by atoms with van der Waals surface area (Å²) in [5, 5.41) is 10.3. The van der Waals surface area contributed by atoms with Gasteiger partial charge in [0.2, 0.25) is 5.91 Å². The van der Waals surface area contributed by atoms with E-state index < -0.39 is 5.97 Å². The summed E-state index contributed by atoms with van der Waals surface area (Å²) in [5.41, 5.74) is 0. The van der Waals surface area contributed by atoms with E-state index in [-0.39, 0.29) is 31.3 Å². The molecule has 0 atom stereocenters. The maximum Gasteiger partial charge on any atom is 1.00 e. The summed E-state index contributed by atoms with van der Waals surface area (Å²) in [6.45, 7) is 1.91. The summed E-state index contributed by atoms with van der Waals surface area (Å²) < 4.78 is 0. The number of hydrogen-bond acceptors (Lipinski definition) is 3. The van der Waals surface area contributed by atoms with Crippen molar-refractivity contribution in [3.63, 3.8) is 0 Å². The Morgan fingerprint density at radius 2 is 1.35 bits per heavy atom. The number of carbonyl (C=O) groups excluding carboxylic acids is 2. The SMILES string of the molecule is CCCCCCCCCCCC(=O)N(C)CC(=O)[O-].[Li+]. The summed E-state index contributed by atoms with van der Waals surface area (Å²) in [4.78, 5) is 23.1. The molecule has 20 heavy (non-hydrogen) atoms. The second-order valence-corrected chi connectivity index (χ2v) is 5.20. The van der Waals surface area contributed by atoms with Gasteiger partial charge in [-0.1, -0.05) is 58.3 Å². The number of aliphatic carboxylic acids is 1. The Labute approximate surface area is 135 Å². The second-order valence-electron chi connectivity index (χ2n) is 5.20. The molecule has 0 bridgehead atoms. The first-order valence-corrected chi connectivity index (χ1v) is 7.51. The number of amides is 1. The zero-order chi connectivity index (χ0) is 14.5. The number of carbonyl (C=O) groups is 2. The fourth-order valence-electron chi connectivity index (χ4n) is 2.06. The largest absolute Gasteiger partial charge is 1.00 e. The Hall–Kier alpha value is -0.463. The number of carboxylic acids is 1. The van der Waals surface area contributed by atoms with E-state index in [1.807, 2.05) is 0 Å². The van der Waals surface area contributed by atoms with Crippen molar-refractivity contribution >= 4 is 11.9 Å². The van der Waals surface area contributed by atoms with E-state index in [1.54, 1.807) is 0 Å². The molecule has 112 valence electrons. The van der Waals surface area contributed by atoms with Crippen molar-refractivity contribution in [2.24, 2.45) is 0 Å². The predicted molar refractivity (Wildman–Crippen MR) is 74.5 cm³/mol. The smallest absolute Gasteiger partial charge is 0.548 e. The number of hydrogen-bond donors (Lipinski definition) is 0. The topological polar surface area (TPSA) is 60.4 Å². The van der Waals surface area contributed by atoms with Crippen LogP contribution >= 0.6 is 0 Å². The van der Waals surface area contributed by atoms with Gasteiger partial charge in [-0.05, 0) is 6.42 Å². The van der Waals surface area contributed by atoms with Gasteiger partial charge in [-0.3, -0.25) is 4.79 Å². The van der Waals surface area contributed by atoms with Crippen LogP contribution in [0, 0.1) is 0 Å². The van der Waals surface area contributed by atoms with Gasteiger partial charge in [0.25, 0.3) is 0 Å². The zero-order valence-electron chi connectivity index (χ0n) is 13.5. The molecule has 0 fully saturated rings. The van der Waals surface area contributed by atoms with Crippen LogP contribution in [0.2, 0.25) is 0 Å². The molecule has 0 unspecified atom stereocenters. The van der Waals surface area contributed by atoms with E-state index in [2.05, 4.69) is 6.92 Å². The number of nitrogens with zero attached hydrogens (tertiary/aromatic N) is 1. The molecule has 1 amide bonds. The molecule has 0 rings (SSSR count). The molecule has 0 saturated heterocycles. The molecule has 0 aliphatic heterocycles. The number of likely N-dealkylation sites (N-methyl/N-ethyl adjacent to an activating group) is 1. The molecule has 0 aliphatic rings. The van der Waals surface area contributed by atoms with E-state index in [4.69, 9.17) is 0 Å². The summed E-state index contributed by atoms with van der Waals surface area (Å²) in [6, 6.07) is 0. The van der Waals surface area contributed by atoms with Crippen molar-refractivity contribution in [3.05, 3.63) is 0 Å². The van der Waals surface area contributed by atoms with Crippen LogP contribution in [-0.4, -0.2) is 30.4 Å². The second kappa shape index (κ2) is 14.9. The number of rotatable bonds is 12. The minimum Gasteiger partial charge on any atom is -0.548 e. The molecule has 0 heterocycles. The van der Waals surface area contributed by atoms with Gasteiger partial charge < -0.3 is 14.8 Å². The van der Waals surface area contributed by atoms with Crippen molar-refractivity contribution in [2.75, 3.05) is 13.6 Å². The third-order valence-corrected chi connectivity index (χ3v) is 3.29. The Balaban J connectivity index is 0. The predicted octanol–water partition coefficient (Wildman–Crippen LogP) is -0.880. The first kappa shape index (κ1) is 21.8. The zero-order valence-corrected chi connectivity index (χ0v) is 13.5. The average Bonchev–Trinajstić information content (AvgIpc) is 2.35. The van der Waals surface area contributed by atoms with Crippen LogP contribution in [0.25, 0.3) is 0 Å². The van der Waals surface area contributed by atoms with Crippen LogP contribution in [0.5, 0.6) is 0 Å². The molecule has 0 radical (unpaired) electrons. The van der Waals surface area contributed by atoms with Crippen molar-refractivity contribution in [1.82, 2.24) is 4.90 Å². The van der Waals surface area contributed by atoms with Gasteiger partial charge in [0.1, 0.15) is 0 Å². The molecule has 5 heteroatoms. The summed E-state index contributed by atoms with van der Waals surface area (Å²) >= 11 is 0. The normalized spacial score (nSPS) is 9.90. The molecule has 0 N–H and O–H groups in total. The molecule has 0 aromatic carbocycles. The van der Waals surface area contributed by atoms with Crippen LogP contribution in [0.1, 0.15) is 71.1 Å². The van der Waals surface area contributed by atoms with Crippen LogP contribution in [0.3, 0.4) is 0 Å². The van der Waals surface area contributed by atoms with E-state index in [0.717, 1.165) is 12.8 Å². The average molecular weight is 277 g/mol. The first-order valence-electron chi connectivity index (χ1n) is 7.51. The van der Waals surface area contributed by atoms with Gasteiger partial charge in [-0.15, -0.1) is 0 Å². The first-order chi connectivity index (χ1) is 9.07. The van der Waals surface area contributed by atoms with Gasteiger partial charge in [0, 0.05) is 13.5 Å². The third kappa shape index (κ3) is 14.0. The van der Waals surface area contributed by atoms with Crippen molar-refractivity contribution < 1.29 is 33.6 Å². The molecule has 0 aliphatic carbocycles. The standard InChI is InChI=1S/C15H29NO3.Li/c1-3-4-5-6-7-8-9-10-11-12-14(17)16(2)13-15(18)19;/h3-13H2,1-2H3,(H,18,19);/q;+1/p-1. The molecular weight excluding hydrogens is 249 g/mol. The molecule has 0 saturated carbocycles. The Morgan fingerprint density at radius 1 is 0.900 bits per heavy atom. The molecule has 0 spiro atoms. The van der Waals surface area contributed by atoms with Gasteiger partial charge in [0.15, 0.2) is 0 Å². The van der Waals surface area contributed by atoms with Gasteiger partial charge in [-0.2, -0.15) is 0 Å². The number of unbranched alkanes of at least 4 members (excludes halogenated alkanes) is 8. The Morgan fingerprint density at radius 3 is 1.80 bits per heavy atom. The maximum absolute atomic E-state index is 11.5. The fourth-order valence-corrected chi connectivity index (χ4v) is 2.06. The molecular formula is C15H28LiNO3. The Bertz CT molecular complexity index is 260. The van der Waals surface area contributed by atoms with Crippen LogP contribution in [-0.2, 0) is 9.59 Å². The molecule has 4 nitrogen and oxygen atoms in total. The molecule has 0 aromatic rings. The monoisotopic (exact) mass is 277 g/mol. The van der Waals surface area contributed by atoms with Crippen LogP contribution in [0.15, 0.2) is 0 Å². The van der Waals surface area contributed by atoms with Gasteiger partial charge in [-0.25, -0.2) is 0 Å². The van der Waals surface area contributed by atoms with E-state index in [0.29, 0.717) is 6.42 Å². The van der Waals surface area contributed by atoms with E-state index >= 15 is 0 Å². The van der Waals surface area contributed by atoms with Crippen molar-refractivity contribution in [3.8, 4) is 0 Å². The summed E-state index contributed by atoms with van der Waals surface area (Å²) in [6.07, 6.45) is 11.3. The number of carboxylic acid groups (broad SMARTS) is 1. The third-order valence-electron chi connectivity index (χ3n) is 3.29. The summed E-state index contributed by atoms with van der Waals surface area (Å²) in [5.74, 6) is -1.31. The fraction of sp³-hybridized carbons (Fsp3) is 0.867. The molecule has 0 aromatic heterocycles. The summed E-state index contributed by atoms with van der Waals surface area (Å²) in [7, 11) is 1.51. The van der Waals surface area contributed by atoms with E-state index in [9.17, 15) is 14.7 Å². The van der Waals surface area contributed by atoms with E-state index in [1.165, 1.54) is 56.9 Å². The van der Waals surface area contributed by atoms with Crippen molar-refractivity contribution in [2.45, 2.75) is 71.1 Å². The maximum atomic E-state index is 11.5. The van der Waals surface area contributed by atoms with Crippen LogP contribution in [0.4, 0.5) is 0 Å². The van der Waals surface area contributed by atoms with Gasteiger partial charge in [0.05, 0.1) is 12.5 Å².